The Hall–Kier alpha value is -2.80. The van der Waals surface area contributed by atoms with Crippen molar-refractivity contribution in [2.24, 2.45) is 0 Å². The second-order valence-corrected chi connectivity index (χ2v) is 4.60. The summed E-state index contributed by atoms with van der Waals surface area (Å²) < 4.78 is 10.2. The smallest absolute Gasteiger partial charge is 0.342 e. The highest BCUT2D eigenvalue weighted by Crippen LogP contribution is 2.14. The third-order valence-electron chi connectivity index (χ3n) is 2.93. The molecule has 1 aromatic rings. The Kier molecular flexibility index (Phi) is 6.65. The summed E-state index contributed by atoms with van der Waals surface area (Å²) in [6, 6.07) is 5.41. The van der Waals surface area contributed by atoms with Gasteiger partial charge in [0.2, 0.25) is 0 Å². The van der Waals surface area contributed by atoms with Crippen LogP contribution in [0.15, 0.2) is 10.5 Å². The van der Waals surface area contributed by atoms with E-state index in [0.29, 0.717) is 11.5 Å². The quantitative estimate of drug-likeness (QED) is 0.709. The lowest BCUT2D eigenvalue weighted by atomic mass is 10.2. The highest BCUT2D eigenvalue weighted by atomic mass is 16.5. The number of nitriles is 2. The molecule has 0 fully saturated rings. The predicted octanol–water partition coefficient (Wildman–Crippen LogP) is 1.71. The highest BCUT2D eigenvalue weighted by molar-refractivity contribution is 5.92. The molecule has 1 rings (SSSR count). The Bertz CT molecular complexity index is 604. The molecule has 0 spiro atoms. The number of carbonyl (C=O) groups excluding carboxylic acids is 2. The minimum atomic E-state index is -0.636. The molecule has 0 saturated heterocycles. The van der Waals surface area contributed by atoms with E-state index < -0.39 is 18.5 Å². The van der Waals surface area contributed by atoms with Gasteiger partial charge in [0, 0.05) is 13.1 Å². The van der Waals surface area contributed by atoms with Crippen LogP contribution in [0.2, 0.25) is 0 Å². The lowest BCUT2D eigenvalue weighted by Crippen LogP contribution is -2.36. The first-order valence-corrected chi connectivity index (χ1v) is 6.75. The van der Waals surface area contributed by atoms with Crippen LogP contribution in [0.1, 0.15) is 34.7 Å². The van der Waals surface area contributed by atoms with E-state index in [2.05, 4.69) is 0 Å². The normalized spacial score (nSPS) is 9.64. The van der Waals surface area contributed by atoms with Gasteiger partial charge in [0.1, 0.15) is 17.1 Å². The lowest BCUT2D eigenvalue weighted by Gasteiger charge is -2.19. The number of esters is 1. The molecule has 0 aromatic carbocycles. The topological polar surface area (TPSA) is 107 Å². The minimum absolute atomic E-state index is 0.158. The number of amides is 1. The van der Waals surface area contributed by atoms with Crippen LogP contribution in [0, 0.1) is 36.5 Å². The molecule has 22 heavy (non-hydrogen) atoms. The van der Waals surface area contributed by atoms with Gasteiger partial charge in [-0.15, -0.1) is 0 Å². The number of furan rings is 1. The average molecular weight is 303 g/mol. The van der Waals surface area contributed by atoms with E-state index in [0.717, 1.165) is 0 Å². The number of ether oxygens (including phenoxy) is 1. The van der Waals surface area contributed by atoms with Crippen LogP contribution in [0.5, 0.6) is 0 Å². The summed E-state index contributed by atoms with van der Waals surface area (Å²) in [7, 11) is 0. The monoisotopic (exact) mass is 303 g/mol. The van der Waals surface area contributed by atoms with E-state index in [1.807, 2.05) is 12.1 Å². The zero-order chi connectivity index (χ0) is 16.5. The van der Waals surface area contributed by atoms with Crippen LogP contribution in [-0.4, -0.2) is 36.5 Å². The molecule has 1 heterocycles. The summed E-state index contributed by atoms with van der Waals surface area (Å²) >= 11 is 0. The lowest BCUT2D eigenvalue weighted by molar-refractivity contribution is -0.134. The summed E-state index contributed by atoms with van der Waals surface area (Å²) in [4.78, 5) is 25.2. The van der Waals surface area contributed by atoms with Gasteiger partial charge < -0.3 is 14.1 Å². The van der Waals surface area contributed by atoms with Crippen molar-refractivity contribution in [1.29, 1.82) is 10.5 Å². The number of rotatable bonds is 7. The molecule has 1 aromatic heterocycles. The Morgan fingerprint density at radius 3 is 2.27 bits per heavy atom. The molecule has 0 bridgehead atoms. The fourth-order valence-electron chi connectivity index (χ4n) is 1.86. The largest absolute Gasteiger partial charge is 0.466 e. The fraction of sp³-hybridized carbons (Fsp3) is 0.467. The summed E-state index contributed by atoms with van der Waals surface area (Å²) in [6.45, 7) is 3.33. The van der Waals surface area contributed by atoms with Crippen molar-refractivity contribution in [2.45, 2.75) is 26.7 Å². The zero-order valence-electron chi connectivity index (χ0n) is 12.6. The first-order chi connectivity index (χ1) is 10.5. The maximum absolute atomic E-state index is 12.0. The van der Waals surface area contributed by atoms with Gasteiger partial charge in [0.15, 0.2) is 6.61 Å². The molecule has 0 atom stereocenters. The van der Waals surface area contributed by atoms with Crippen molar-refractivity contribution in [3.63, 3.8) is 0 Å². The Balaban J connectivity index is 2.58. The Morgan fingerprint density at radius 2 is 1.82 bits per heavy atom. The second-order valence-electron chi connectivity index (χ2n) is 4.60. The van der Waals surface area contributed by atoms with Crippen molar-refractivity contribution in [3.05, 3.63) is 23.2 Å². The van der Waals surface area contributed by atoms with E-state index in [9.17, 15) is 9.59 Å². The van der Waals surface area contributed by atoms with Gasteiger partial charge >= 0.3 is 5.97 Å². The van der Waals surface area contributed by atoms with Gasteiger partial charge in [-0.25, -0.2) is 4.79 Å². The van der Waals surface area contributed by atoms with Crippen LogP contribution in [0.4, 0.5) is 0 Å². The van der Waals surface area contributed by atoms with Crippen LogP contribution in [-0.2, 0) is 9.53 Å². The molecule has 0 aliphatic heterocycles. The maximum Gasteiger partial charge on any atom is 0.342 e. The molecule has 7 nitrogen and oxygen atoms in total. The Labute approximate surface area is 128 Å². The molecule has 116 valence electrons. The number of aryl methyl sites for hydroxylation is 2. The summed E-state index contributed by atoms with van der Waals surface area (Å²) in [5.41, 5.74) is 0.283. The maximum atomic E-state index is 12.0. The average Bonchev–Trinajstić information content (AvgIpc) is 2.83. The first kappa shape index (κ1) is 17.3. The third-order valence-corrected chi connectivity index (χ3v) is 2.93. The number of nitrogens with zero attached hydrogens (tertiary/aromatic N) is 3. The summed E-state index contributed by atoms with van der Waals surface area (Å²) in [6.07, 6.45) is 0.316. The van der Waals surface area contributed by atoms with Gasteiger partial charge in [0.25, 0.3) is 5.91 Å². The minimum Gasteiger partial charge on any atom is -0.466 e. The molecule has 0 unspecified atom stereocenters. The van der Waals surface area contributed by atoms with Crippen LogP contribution < -0.4 is 0 Å². The molecule has 7 heteroatoms. The second kappa shape index (κ2) is 8.48. The molecule has 0 saturated carbocycles. The van der Waals surface area contributed by atoms with Gasteiger partial charge in [-0.05, 0) is 19.9 Å². The van der Waals surface area contributed by atoms with Crippen molar-refractivity contribution >= 4 is 11.9 Å². The van der Waals surface area contributed by atoms with E-state index in [4.69, 9.17) is 19.7 Å². The van der Waals surface area contributed by atoms with Crippen molar-refractivity contribution in [2.75, 3.05) is 19.7 Å². The number of hydrogen-bond acceptors (Lipinski definition) is 6. The van der Waals surface area contributed by atoms with E-state index in [1.165, 1.54) is 4.90 Å². The van der Waals surface area contributed by atoms with Crippen molar-refractivity contribution in [1.82, 2.24) is 4.90 Å². The molecule has 0 radical (unpaired) electrons. The number of carbonyl (C=O) groups is 2. The van der Waals surface area contributed by atoms with E-state index >= 15 is 0 Å². The summed E-state index contributed by atoms with van der Waals surface area (Å²) in [5.74, 6) is -0.0545. The van der Waals surface area contributed by atoms with Gasteiger partial charge in [-0.2, -0.15) is 10.5 Å². The van der Waals surface area contributed by atoms with E-state index in [-0.39, 0.29) is 31.5 Å². The molecular weight excluding hydrogens is 286 g/mol. The van der Waals surface area contributed by atoms with Gasteiger partial charge in [0.05, 0.1) is 25.0 Å². The van der Waals surface area contributed by atoms with Crippen LogP contribution >= 0.6 is 0 Å². The Morgan fingerprint density at radius 1 is 1.23 bits per heavy atom. The molecular formula is C15H17N3O4. The zero-order valence-corrected chi connectivity index (χ0v) is 12.6. The van der Waals surface area contributed by atoms with Crippen molar-refractivity contribution < 1.29 is 18.7 Å². The van der Waals surface area contributed by atoms with Gasteiger partial charge in [-0.3, -0.25) is 4.79 Å². The molecule has 1 amide bonds. The molecule has 0 N–H and O–H groups in total. The highest BCUT2D eigenvalue weighted by Gasteiger charge is 2.19. The van der Waals surface area contributed by atoms with Gasteiger partial charge in [-0.1, -0.05) is 0 Å². The molecule has 0 aliphatic rings. The van der Waals surface area contributed by atoms with E-state index in [1.54, 1.807) is 19.9 Å². The SMILES string of the molecule is Cc1cc(C(=O)OCC(=O)N(CCC#N)CCC#N)c(C)o1. The predicted molar refractivity (Wildman–Crippen MR) is 75.5 cm³/mol. The fourth-order valence-corrected chi connectivity index (χ4v) is 1.86. The molecule has 0 aliphatic carbocycles. The van der Waals surface area contributed by atoms with Crippen LogP contribution in [0.3, 0.4) is 0 Å². The first-order valence-electron chi connectivity index (χ1n) is 6.75. The standard InChI is InChI=1S/C15H17N3O4/c1-11-9-13(12(2)22-11)15(20)21-10-14(19)18(7-3-5-16)8-4-6-17/h9H,3-4,7-8,10H2,1-2H3. The number of hydrogen-bond donors (Lipinski definition) is 0. The summed E-state index contributed by atoms with van der Waals surface area (Å²) in [5, 5.41) is 17.1. The van der Waals surface area contributed by atoms with Crippen LogP contribution in [0.25, 0.3) is 0 Å². The van der Waals surface area contributed by atoms with Crippen molar-refractivity contribution in [3.8, 4) is 12.1 Å². The third kappa shape index (κ3) is 4.95.